The molecule has 0 aliphatic carbocycles. The maximum Gasteiger partial charge on any atom is 0.320 e. The summed E-state index contributed by atoms with van der Waals surface area (Å²) in [6, 6.07) is 20.5. The number of pyridine rings is 1. The van der Waals surface area contributed by atoms with Gasteiger partial charge in [0.25, 0.3) is 0 Å². The zero-order valence-electron chi connectivity index (χ0n) is 30.0. The van der Waals surface area contributed by atoms with Crippen molar-refractivity contribution in [2.45, 2.75) is 83.1 Å². The minimum absolute atomic E-state index is 0.114. The molecule has 0 saturated heterocycles. The van der Waals surface area contributed by atoms with E-state index in [1.54, 1.807) is 12.1 Å². The van der Waals surface area contributed by atoms with Gasteiger partial charge in [0.15, 0.2) is 18.2 Å². The van der Waals surface area contributed by atoms with Gasteiger partial charge in [0, 0.05) is 36.0 Å². The average Bonchev–Trinajstić information content (AvgIpc) is 3.63. The lowest BCUT2D eigenvalue weighted by Gasteiger charge is -2.36. The number of carbonyl (C=O) groups is 1. The van der Waals surface area contributed by atoms with E-state index in [1.165, 1.54) is 6.26 Å². The highest BCUT2D eigenvalue weighted by Crippen LogP contribution is 2.36. The van der Waals surface area contributed by atoms with Gasteiger partial charge in [0.05, 0.1) is 35.6 Å². The molecule has 5 aromatic rings. The second-order valence-electron chi connectivity index (χ2n) is 15.1. The molecule has 260 valence electrons. The molecule has 2 N–H and O–H groups in total. The van der Waals surface area contributed by atoms with Crippen molar-refractivity contribution < 1.29 is 17.6 Å². The Morgan fingerprint density at radius 3 is 2.16 bits per heavy atom. The first kappa shape index (κ1) is 36.0. The normalized spacial score (nSPS) is 12.8. The van der Waals surface area contributed by atoms with Crippen LogP contribution in [-0.2, 0) is 32.8 Å². The highest BCUT2D eigenvalue weighted by Gasteiger charge is 2.37. The molecule has 0 aliphatic heterocycles. The molecule has 0 fully saturated rings. The fourth-order valence-electron chi connectivity index (χ4n) is 5.06. The third-order valence-electron chi connectivity index (χ3n) is 9.19. The van der Waals surface area contributed by atoms with Crippen molar-refractivity contribution in [1.82, 2.24) is 24.5 Å². The lowest BCUT2D eigenvalue weighted by Crippen LogP contribution is -2.41. The van der Waals surface area contributed by atoms with Crippen LogP contribution >= 0.6 is 0 Å². The molecule has 12 heteroatoms. The van der Waals surface area contributed by atoms with E-state index in [9.17, 15) is 13.2 Å². The lowest BCUT2D eigenvalue weighted by atomic mass is 9.92. The Labute approximate surface area is 291 Å². The maximum atomic E-state index is 13.0. The Morgan fingerprint density at radius 1 is 0.898 bits per heavy atom. The van der Waals surface area contributed by atoms with Crippen molar-refractivity contribution in [2.24, 2.45) is 0 Å². The number of benzene rings is 2. The molecule has 0 saturated carbocycles. The zero-order chi connectivity index (χ0) is 35.8. The quantitative estimate of drug-likeness (QED) is 0.143. The minimum atomic E-state index is -3.25. The summed E-state index contributed by atoms with van der Waals surface area (Å²) >= 11 is 0. The summed E-state index contributed by atoms with van der Waals surface area (Å²) in [5.74, 6) is 0.637. The van der Waals surface area contributed by atoms with Gasteiger partial charge in [-0.2, -0.15) is 5.10 Å². The number of anilines is 1. The third-order valence-corrected chi connectivity index (χ3v) is 14.9. The van der Waals surface area contributed by atoms with Gasteiger partial charge in [-0.15, -0.1) is 0 Å². The molecule has 2 amide bonds. The van der Waals surface area contributed by atoms with Crippen LogP contribution in [0.4, 0.5) is 10.6 Å². The molecule has 2 aromatic carbocycles. The van der Waals surface area contributed by atoms with Gasteiger partial charge in [-0.25, -0.2) is 22.9 Å². The molecule has 5 rings (SSSR count). The first-order chi connectivity index (χ1) is 22.8. The van der Waals surface area contributed by atoms with Crippen molar-refractivity contribution in [1.29, 1.82) is 0 Å². The molecule has 0 radical (unpaired) electrons. The molecule has 0 bridgehead atoms. The number of hydrogen-bond donors (Lipinski definition) is 2. The number of hydrogen-bond acceptors (Lipinski definition) is 6. The Bertz CT molecular complexity index is 2050. The predicted octanol–water partition coefficient (Wildman–Crippen LogP) is 7.91. The zero-order valence-corrected chi connectivity index (χ0v) is 31.8. The molecule has 0 unspecified atom stereocenters. The van der Waals surface area contributed by atoms with Crippen LogP contribution in [0.25, 0.3) is 28.0 Å². The van der Waals surface area contributed by atoms with Crippen LogP contribution in [0.1, 0.15) is 52.8 Å². The Balaban J connectivity index is 1.22. The number of aromatic nitrogens is 4. The van der Waals surface area contributed by atoms with E-state index in [2.05, 4.69) is 70.3 Å². The largest absolute Gasteiger partial charge is 0.415 e. The topological polar surface area (TPSA) is 120 Å². The van der Waals surface area contributed by atoms with Crippen molar-refractivity contribution >= 4 is 35.7 Å². The second-order valence-corrected chi connectivity index (χ2v) is 21.9. The van der Waals surface area contributed by atoms with Gasteiger partial charge in [-0.05, 0) is 59.1 Å². The number of sulfone groups is 1. The summed E-state index contributed by atoms with van der Waals surface area (Å²) in [5.41, 5.74) is 6.25. The standard InChI is InChI=1S/C37H48N6O4SSi/c1-36(2,3)32-23-34(43(41-32)20-21-47-49(8,9)37(4,5)6)40-35(44)39-24-26-10-12-28(13-11-26)31-25-38-33-22-29(18-19-42(31)33)27-14-16-30(17-15-27)48(7,45)46/h10-19,22-23,25H,20-21,24H2,1-9H3,(H2,39,40,44). The van der Waals surface area contributed by atoms with Crippen LogP contribution < -0.4 is 10.6 Å². The summed E-state index contributed by atoms with van der Waals surface area (Å²) in [6.07, 6.45) is 5.00. The molecular weight excluding hydrogens is 653 g/mol. The van der Waals surface area contributed by atoms with Crippen LogP contribution in [0.5, 0.6) is 0 Å². The van der Waals surface area contributed by atoms with Gasteiger partial charge in [0.2, 0.25) is 0 Å². The number of urea groups is 1. The molecule has 0 atom stereocenters. The number of carbonyl (C=O) groups excluding carboxylic acids is 1. The fraction of sp³-hybridized carbons (Fsp3) is 0.378. The van der Waals surface area contributed by atoms with E-state index in [4.69, 9.17) is 9.52 Å². The van der Waals surface area contributed by atoms with Gasteiger partial charge >= 0.3 is 6.03 Å². The number of amides is 2. The van der Waals surface area contributed by atoms with E-state index >= 15 is 0 Å². The van der Waals surface area contributed by atoms with Gasteiger partial charge in [0.1, 0.15) is 11.5 Å². The summed E-state index contributed by atoms with van der Waals surface area (Å²) in [4.78, 5) is 17.9. The van der Waals surface area contributed by atoms with Gasteiger partial charge < -0.3 is 9.74 Å². The molecule has 10 nitrogen and oxygen atoms in total. The SMILES string of the molecule is CC(C)(C)c1cc(NC(=O)NCc2ccc(-c3cnc4cc(-c5ccc(S(C)(=O)=O)cc5)ccn34)cc2)n(CCO[Si](C)(C)C(C)(C)C)n1. The summed E-state index contributed by atoms with van der Waals surface area (Å²) in [6.45, 7) is 18.9. The molecule has 0 spiro atoms. The highest BCUT2D eigenvalue weighted by molar-refractivity contribution is 7.90. The number of nitrogens with one attached hydrogen (secondary N) is 2. The monoisotopic (exact) mass is 700 g/mol. The molecule has 0 aliphatic rings. The van der Waals surface area contributed by atoms with E-state index in [1.807, 2.05) is 76.1 Å². The average molecular weight is 701 g/mol. The van der Waals surface area contributed by atoms with Crippen LogP contribution in [0, 0.1) is 0 Å². The number of rotatable bonds is 10. The molecule has 3 aromatic heterocycles. The Kier molecular flexibility index (Phi) is 9.97. The summed E-state index contributed by atoms with van der Waals surface area (Å²) in [5, 5.41) is 10.9. The van der Waals surface area contributed by atoms with Crippen LogP contribution in [0.15, 0.2) is 84.0 Å². The van der Waals surface area contributed by atoms with Crippen molar-refractivity contribution in [2.75, 3.05) is 18.2 Å². The van der Waals surface area contributed by atoms with Crippen LogP contribution in [0.3, 0.4) is 0 Å². The number of fused-ring (bicyclic) bond motifs is 1. The summed E-state index contributed by atoms with van der Waals surface area (Å²) < 4.78 is 33.9. The minimum Gasteiger partial charge on any atom is -0.415 e. The highest BCUT2D eigenvalue weighted by atomic mass is 32.2. The van der Waals surface area contributed by atoms with E-state index in [0.29, 0.717) is 30.4 Å². The van der Waals surface area contributed by atoms with Gasteiger partial charge in [-0.3, -0.25) is 9.72 Å². The van der Waals surface area contributed by atoms with Crippen LogP contribution in [0.2, 0.25) is 18.1 Å². The maximum absolute atomic E-state index is 13.0. The molecule has 3 heterocycles. The number of imidazole rings is 1. The van der Waals surface area contributed by atoms with E-state index in [0.717, 1.165) is 39.3 Å². The lowest BCUT2D eigenvalue weighted by molar-refractivity contribution is 0.250. The van der Waals surface area contributed by atoms with Crippen molar-refractivity contribution in [3.05, 3.63) is 90.4 Å². The van der Waals surface area contributed by atoms with Crippen molar-refractivity contribution in [3.8, 4) is 22.4 Å². The molecular formula is C37H48N6O4SSi. The summed E-state index contributed by atoms with van der Waals surface area (Å²) in [7, 11) is -5.16. The van der Waals surface area contributed by atoms with Crippen molar-refractivity contribution in [3.63, 3.8) is 0 Å². The smallest absolute Gasteiger partial charge is 0.320 e. The predicted molar refractivity (Wildman–Crippen MR) is 199 cm³/mol. The number of nitrogens with zero attached hydrogens (tertiary/aromatic N) is 4. The van der Waals surface area contributed by atoms with E-state index < -0.39 is 18.2 Å². The van der Waals surface area contributed by atoms with Crippen LogP contribution in [-0.4, -0.2) is 54.8 Å². The Morgan fingerprint density at radius 2 is 1.55 bits per heavy atom. The third kappa shape index (κ3) is 8.49. The fourth-order valence-corrected chi connectivity index (χ4v) is 6.73. The first-order valence-corrected chi connectivity index (χ1v) is 21.3. The molecule has 49 heavy (non-hydrogen) atoms. The second kappa shape index (κ2) is 13.6. The van der Waals surface area contributed by atoms with Gasteiger partial charge in [-0.1, -0.05) is 77.9 Å². The van der Waals surface area contributed by atoms with E-state index in [-0.39, 0.29) is 16.5 Å². The Hall–Kier alpha value is -4.26. The first-order valence-electron chi connectivity index (χ1n) is 16.5.